The molecular formula is C17H14BrClN2O. The van der Waals surface area contributed by atoms with Crippen molar-refractivity contribution in [3.63, 3.8) is 0 Å². The molecule has 0 aliphatic rings. The molecule has 2 rings (SSSR count). The summed E-state index contributed by atoms with van der Waals surface area (Å²) in [4.78, 5) is 12.0. The summed E-state index contributed by atoms with van der Waals surface area (Å²) in [5.74, 6) is -0.0821. The molecule has 5 heteroatoms. The number of nitrogens with one attached hydrogen (secondary N) is 1. The molecule has 0 aliphatic heterocycles. The first kappa shape index (κ1) is 16.5. The van der Waals surface area contributed by atoms with Crippen molar-refractivity contribution in [1.29, 1.82) is 5.26 Å². The number of rotatable bonds is 4. The molecule has 2 aromatic carbocycles. The second kappa shape index (κ2) is 7.44. The Bertz CT molecular complexity index is 753. The van der Waals surface area contributed by atoms with Gasteiger partial charge in [-0.05, 0) is 48.7 Å². The first-order chi connectivity index (χ1) is 10.5. The van der Waals surface area contributed by atoms with Crippen molar-refractivity contribution in [2.45, 2.75) is 19.8 Å². The predicted octanol–water partition coefficient (Wildman–Crippen LogP) is 4.85. The molecule has 0 aliphatic carbocycles. The highest BCUT2D eigenvalue weighted by molar-refractivity contribution is 9.10. The molecule has 0 saturated heterocycles. The van der Waals surface area contributed by atoms with Gasteiger partial charge in [-0.1, -0.05) is 39.7 Å². The molecule has 0 heterocycles. The number of hydrogen-bond donors (Lipinski definition) is 1. The predicted molar refractivity (Wildman–Crippen MR) is 92.0 cm³/mol. The lowest BCUT2D eigenvalue weighted by molar-refractivity contribution is -0.116. The second-order valence-corrected chi connectivity index (χ2v) is 6.20. The van der Waals surface area contributed by atoms with Crippen LogP contribution in [0.4, 0.5) is 5.69 Å². The number of halogens is 2. The van der Waals surface area contributed by atoms with Crippen molar-refractivity contribution in [3.8, 4) is 6.07 Å². The highest BCUT2D eigenvalue weighted by Crippen LogP contribution is 2.21. The molecule has 0 spiro atoms. The maximum atomic E-state index is 12.0. The molecule has 2 aromatic rings. The van der Waals surface area contributed by atoms with Gasteiger partial charge in [-0.25, -0.2) is 0 Å². The molecule has 0 radical (unpaired) electrons. The summed E-state index contributed by atoms with van der Waals surface area (Å²) >= 11 is 9.40. The third-order valence-electron chi connectivity index (χ3n) is 3.24. The molecule has 0 fully saturated rings. The lowest BCUT2D eigenvalue weighted by Crippen LogP contribution is -2.12. The fraction of sp³-hybridized carbons (Fsp3) is 0.176. The maximum Gasteiger partial charge on any atom is 0.224 e. The molecule has 22 heavy (non-hydrogen) atoms. The Kier molecular flexibility index (Phi) is 5.59. The zero-order valence-electron chi connectivity index (χ0n) is 12.0. The molecular weight excluding hydrogens is 364 g/mol. The highest BCUT2D eigenvalue weighted by atomic mass is 79.9. The van der Waals surface area contributed by atoms with E-state index in [1.54, 1.807) is 18.2 Å². The van der Waals surface area contributed by atoms with Gasteiger partial charge in [-0.15, -0.1) is 0 Å². The largest absolute Gasteiger partial charge is 0.326 e. The number of nitriles is 1. The smallest absolute Gasteiger partial charge is 0.224 e. The van der Waals surface area contributed by atoms with Crippen LogP contribution in [0.25, 0.3) is 0 Å². The maximum absolute atomic E-state index is 12.0. The minimum atomic E-state index is -0.0821. The normalized spacial score (nSPS) is 10.1. The Labute approximate surface area is 143 Å². The van der Waals surface area contributed by atoms with Crippen LogP contribution in [0.3, 0.4) is 0 Å². The van der Waals surface area contributed by atoms with Gasteiger partial charge in [0.2, 0.25) is 5.91 Å². The van der Waals surface area contributed by atoms with E-state index in [1.165, 1.54) is 0 Å². The standard InChI is InChI=1S/C17H14BrClN2O/c1-11-8-12(2-6-15(11)18)3-7-17(22)21-14-5-4-13(10-20)16(19)9-14/h2,4-6,8-9H,3,7H2,1H3,(H,21,22). The van der Waals surface area contributed by atoms with E-state index in [9.17, 15) is 4.79 Å². The number of carbonyl (C=O) groups excluding carboxylic acids is 1. The van der Waals surface area contributed by atoms with E-state index < -0.39 is 0 Å². The fourth-order valence-corrected chi connectivity index (χ4v) is 2.50. The number of nitrogens with zero attached hydrogens (tertiary/aromatic N) is 1. The summed E-state index contributed by atoms with van der Waals surface area (Å²) in [7, 11) is 0. The Morgan fingerprint density at radius 1 is 1.32 bits per heavy atom. The van der Waals surface area contributed by atoms with Crippen LogP contribution in [0.15, 0.2) is 40.9 Å². The number of anilines is 1. The van der Waals surface area contributed by atoms with Gasteiger partial charge in [-0.3, -0.25) is 4.79 Å². The number of hydrogen-bond acceptors (Lipinski definition) is 2. The zero-order chi connectivity index (χ0) is 16.1. The lowest BCUT2D eigenvalue weighted by Gasteiger charge is -2.07. The Balaban J connectivity index is 1.94. The van der Waals surface area contributed by atoms with Crippen molar-refractivity contribution < 1.29 is 4.79 Å². The molecule has 1 N–H and O–H groups in total. The third kappa shape index (κ3) is 4.33. The minimum Gasteiger partial charge on any atom is -0.326 e. The monoisotopic (exact) mass is 376 g/mol. The van der Waals surface area contributed by atoms with Crippen molar-refractivity contribution in [2.24, 2.45) is 0 Å². The summed E-state index contributed by atoms with van der Waals surface area (Å²) in [6.07, 6.45) is 1.06. The Hall–Kier alpha value is -1.83. The molecule has 0 unspecified atom stereocenters. The van der Waals surface area contributed by atoms with Gasteiger partial charge in [0.25, 0.3) is 0 Å². The van der Waals surface area contributed by atoms with E-state index in [0.717, 1.165) is 15.6 Å². The van der Waals surface area contributed by atoms with E-state index in [4.69, 9.17) is 16.9 Å². The van der Waals surface area contributed by atoms with E-state index >= 15 is 0 Å². The average Bonchev–Trinajstić information content (AvgIpc) is 2.49. The van der Waals surface area contributed by atoms with Crippen LogP contribution in [-0.4, -0.2) is 5.91 Å². The number of aryl methyl sites for hydroxylation is 2. The van der Waals surface area contributed by atoms with E-state index in [1.807, 2.05) is 25.1 Å². The van der Waals surface area contributed by atoms with Crippen molar-refractivity contribution in [1.82, 2.24) is 0 Å². The quantitative estimate of drug-likeness (QED) is 0.827. The van der Waals surface area contributed by atoms with Crippen LogP contribution in [0, 0.1) is 18.3 Å². The molecule has 3 nitrogen and oxygen atoms in total. The number of benzene rings is 2. The molecule has 1 amide bonds. The van der Waals surface area contributed by atoms with E-state index in [-0.39, 0.29) is 5.91 Å². The summed E-state index contributed by atoms with van der Waals surface area (Å²) in [6, 6.07) is 12.9. The summed E-state index contributed by atoms with van der Waals surface area (Å²) < 4.78 is 1.06. The SMILES string of the molecule is Cc1cc(CCC(=O)Nc2ccc(C#N)c(Cl)c2)ccc1Br. The van der Waals surface area contributed by atoms with Crippen molar-refractivity contribution in [3.05, 3.63) is 62.6 Å². The van der Waals surface area contributed by atoms with E-state index in [2.05, 4.69) is 27.3 Å². The molecule has 0 bridgehead atoms. The fourth-order valence-electron chi connectivity index (χ4n) is 2.03. The average molecular weight is 378 g/mol. The van der Waals surface area contributed by atoms with Crippen molar-refractivity contribution >= 4 is 39.1 Å². The van der Waals surface area contributed by atoms with Crippen LogP contribution in [0.5, 0.6) is 0 Å². The van der Waals surface area contributed by atoms with Crippen molar-refractivity contribution in [2.75, 3.05) is 5.32 Å². The third-order valence-corrected chi connectivity index (χ3v) is 4.44. The van der Waals surface area contributed by atoms with Gasteiger partial charge < -0.3 is 5.32 Å². The van der Waals surface area contributed by atoms with Gasteiger partial charge in [0.05, 0.1) is 10.6 Å². The van der Waals surface area contributed by atoms with Crippen LogP contribution >= 0.6 is 27.5 Å². The van der Waals surface area contributed by atoms with Gasteiger partial charge in [-0.2, -0.15) is 5.26 Å². The van der Waals surface area contributed by atoms with E-state index in [0.29, 0.717) is 29.1 Å². The summed E-state index contributed by atoms with van der Waals surface area (Å²) in [6.45, 7) is 2.02. The second-order valence-electron chi connectivity index (χ2n) is 4.94. The van der Waals surface area contributed by atoms with Crippen LogP contribution in [0.2, 0.25) is 5.02 Å². The van der Waals surface area contributed by atoms with Gasteiger partial charge >= 0.3 is 0 Å². The number of carbonyl (C=O) groups is 1. The molecule has 0 atom stereocenters. The molecule has 0 aromatic heterocycles. The van der Waals surface area contributed by atoms with Gasteiger partial charge in [0.15, 0.2) is 0 Å². The van der Waals surface area contributed by atoms with Crippen LogP contribution < -0.4 is 5.32 Å². The first-order valence-electron chi connectivity index (χ1n) is 6.74. The van der Waals surface area contributed by atoms with Crippen LogP contribution in [0.1, 0.15) is 23.1 Å². The molecule has 112 valence electrons. The Morgan fingerprint density at radius 2 is 2.09 bits per heavy atom. The molecule has 0 saturated carbocycles. The van der Waals surface area contributed by atoms with Gasteiger partial charge in [0, 0.05) is 16.6 Å². The Morgan fingerprint density at radius 3 is 2.73 bits per heavy atom. The lowest BCUT2D eigenvalue weighted by atomic mass is 10.1. The zero-order valence-corrected chi connectivity index (χ0v) is 14.3. The number of amides is 1. The summed E-state index contributed by atoms with van der Waals surface area (Å²) in [5.41, 5.74) is 3.26. The summed E-state index contributed by atoms with van der Waals surface area (Å²) in [5, 5.41) is 11.9. The van der Waals surface area contributed by atoms with Gasteiger partial charge in [0.1, 0.15) is 6.07 Å². The van der Waals surface area contributed by atoms with Crippen LogP contribution in [-0.2, 0) is 11.2 Å². The topological polar surface area (TPSA) is 52.9 Å². The minimum absolute atomic E-state index is 0.0821. The first-order valence-corrected chi connectivity index (χ1v) is 7.91. The highest BCUT2D eigenvalue weighted by Gasteiger charge is 2.06.